The second kappa shape index (κ2) is 9.13. The van der Waals surface area contributed by atoms with Crippen molar-refractivity contribution in [1.82, 2.24) is 19.7 Å². The fourth-order valence-electron chi connectivity index (χ4n) is 3.25. The Hall–Kier alpha value is -2.12. The summed E-state index contributed by atoms with van der Waals surface area (Å²) >= 11 is 1.44. The standard InChI is InChI=1S/C22H30N4O2S/c1-6-11-26-19(17-7-9-18(10-8-17)22(3,4)5)23-24-21(26)29-16(2)20(27)25-12-14-28-15-13-25/h6-10,16H,1,11-15H2,2-5H3. The number of carbonyl (C=O) groups is 1. The third-order valence-corrected chi connectivity index (χ3v) is 6.06. The Bertz CT molecular complexity index is 849. The molecule has 1 amide bonds. The van der Waals surface area contributed by atoms with Gasteiger partial charge < -0.3 is 9.64 Å². The molecule has 1 fully saturated rings. The highest BCUT2D eigenvalue weighted by Gasteiger charge is 2.26. The fourth-order valence-corrected chi connectivity index (χ4v) is 4.19. The lowest BCUT2D eigenvalue weighted by molar-refractivity contribution is -0.134. The van der Waals surface area contributed by atoms with Crippen molar-refractivity contribution in [3.8, 4) is 11.4 Å². The zero-order valence-corrected chi connectivity index (χ0v) is 18.5. The molecule has 1 aromatic heterocycles. The zero-order valence-electron chi connectivity index (χ0n) is 17.7. The van der Waals surface area contributed by atoms with E-state index in [0.29, 0.717) is 32.8 Å². The first-order chi connectivity index (χ1) is 13.8. The van der Waals surface area contributed by atoms with Gasteiger partial charge in [0, 0.05) is 25.2 Å². The Morgan fingerprint density at radius 1 is 1.24 bits per heavy atom. The number of morpholine rings is 1. The van der Waals surface area contributed by atoms with Crippen LogP contribution in [0.2, 0.25) is 0 Å². The van der Waals surface area contributed by atoms with E-state index in [-0.39, 0.29) is 16.6 Å². The molecule has 0 aliphatic carbocycles. The molecule has 0 N–H and O–H groups in total. The van der Waals surface area contributed by atoms with Gasteiger partial charge in [0.1, 0.15) is 0 Å². The van der Waals surface area contributed by atoms with Crippen LogP contribution in [0, 0.1) is 0 Å². The lowest BCUT2D eigenvalue weighted by Gasteiger charge is -2.28. The minimum atomic E-state index is -0.239. The number of thioether (sulfide) groups is 1. The highest BCUT2D eigenvalue weighted by Crippen LogP contribution is 2.29. The van der Waals surface area contributed by atoms with Gasteiger partial charge in [-0.3, -0.25) is 9.36 Å². The van der Waals surface area contributed by atoms with Gasteiger partial charge >= 0.3 is 0 Å². The predicted molar refractivity (Wildman–Crippen MR) is 117 cm³/mol. The molecule has 1 atom stereocenters. The number of hydrogen-bond donors (Lipinski definition) is 0. The molecule has 0 saturated carbocycles. The lowest BCUT2D eigenvalue weighted by atomic mass is 9.87. The van der Waals surface area contributed by atoms with E-state index in [4.69, 9.17) is 4.74 Å². The number of carbonyl (C=O) groups excluding carboxylic acids is 1. The van der Waals surface area contributed by atoms with E-state index in [0.717, 1.165) is 16.5 Å². The number of ether oxygens (including phenoxy) is 1. The van der Waals surface area contributed by atoms with E-state index in [2.05, 4.69) is 61.8 Å². The van der Waals surface area contributed by atoms with Crippen molar-refractivity contribution >= 4 is 17.7 Å². The van der Waals surface area contributed by atoms with Crippen molar-refractivity contribution in [2.75, 3.05) is 26.3 Å². The molecule has 1 aliphatic rings. The molecule has 0 spiro atoms. The van der Waals surface area contributed by atoms with E-state index in [1.165, 1.54) is 17.3 Å². The van der Waals surface area contributed by atoms with Crippen LogP contribution in [0.3, 0.4) is 0 Å². The molecule has 1 aromatic carbocycles. The highest BCUT2D eigenvalue weighted by atomic mass is 32.2. The predicted octanol–water partition coefficient (Wildman–Crippen LogP) is 3.77. The van der Waals surface area contributed by atoms with Gasteiger partial charge in [0.2, 0.25) is 5.91 Å². The summed E-state index contributed by atoms with van der Waals surface area (Å²) in [7, 11) is 0. The maximum atomic E-state index is 12.8. The molecule has 7 heteroatoms. The van der Waals surface area contributed by atoms with E-state index in [9.17, 15) is 4.79 Å². The van der Waals surface area contributed by atoms with Gasteiger partial charge in [0.25, 0.3) is 0 Å². The first-order valence-electron chi connectivity index (χ1n) is 9.99. The Morgan fingerprint density at radius 3 is 2.48 bits per heavy atom. The molecular weight excluding hydrogens is 384 g/mol. The fraction of sp³-hybridized carbons (Fsp3) is 0.500. The first kappa shape index (κ1) is 21.6. The van der Waals surface area contributed by atoms with Crippen molar-refractivity contribution in [2.24, 2.45) is 0 Å². The summed E-state index contributed by atoms with van der Waals surface area (Å²) < 4.78 is 7.36. The van der Waals surface area contributed by atoms with E-state index >= 15 is 0 Å². The van der Waals surface area contributed by atoms with E-state index < -0.39 is 0 Å². The van der Waals surface area contributed by atoms with Crippen molar-refractivity contribution in [2.45, 2.75) is 50.1 Å². The molecule has 1 aliphatic heterocycles. The van der Waals surface area contributed by atoms with Gasteiger partial charge in [0.15, 0.2) is 11.0 Å². The van der Waals surface area contributed by atoms with Gasteiger partial charge in [0.05, 0.1) is 18.5 Å². The average Bonchev–Trinajstić information content (AvgIpc) is 3.10. The first-order valence-corrected chi connectivity index (χ1v) is 10.9. The molecule has 156 valence electrons. The van der Waals surface area contributed by atoms with Crippen molar-refractivity contribution < 1.29 is 9.53 Å². The third-order valence-electron chi connectivity index (χ3n) is 4.99. The second-order valence-corrected chi connectivity index (χ2v) is 9.54. The monoisotopic (exact) mass is 414 g/mol. The van der Waals surface area contributed by atoms with E-state index in [1.807, 2.05) is 22.5 Å². The third kappa shape index (κ3) is 5.08. The van der Waals surface area contributed by atoms with Gasteiger partial charge in [-0.2, -0.15) is 0 Å². The van der Waals surface area contributed by atoms with Gasteiger partial charge in [-0.1, -0.05) is 62.9 Å². The van der Waals surface area contributed by atoms with Crippen LogP contribution in [0.25, 0.3) is 11.4 Å². The van der Waals surface area contributed by atoms with Crippen molar-refractivity contribution in [3.05, 3.63) is 42.5 Å². The summed E-state index contributed by atoms with van der Waals surface area (Å²) in [6.45, 7) is 15.5. The Labute approximate surface area is 177 Å². The van der Waals surface area contributed by atoms with Crippen molar-refractivity contribution in [3.63, 3.8) is 0 Å². The Morgan fingerprint density at radius 2 is 1.90 bits per heavy atom. The quantitative estimate of drug-likeness (QED) is 0.532. The maximum absolute atomic E-state index is 12.8. The smallest absolute Gasteiger partial charge is 0.236 e. The molecule has 6 nitrogen and oxygen atoms in total. The molecule has 0 radical (unpaired) electrons. The summed E-state index contributed by atoms with van der Waals surface area (Å²) in [6, 6.07) is 8.45. The van der Waals surface area contributed by atoms with Crippen LogP contribution < -0.4 is 0 Å². The minimum absolute atomic E-state index is 0.101. The highest BCUT2D eigenvalue weighted by molar-refractivity contribution is 8.00. The van der Waals surface area contributed by atoms with Gasteiger partial charge in [-0.15, -0.1) is 16.8 Å². The number of nitrogens with zero attached hydrogens (tertiary/aromatic N) is 4. The molecule has 29 heavy (non-hydrogen) atoms. The number of amides is 1. The van der Waals surface area contributed by atoms with Crippen molar-refractivity contribution in [1.29, 1.82) is 0 Å². The summed E-state index contributed by atoms with van der Waals surface area (Å²) in [5.74, 6) is 0.904. The average molecular weight is 415 g/mol. The number of aromatic nitrogens is 3. The van der Waals surface area contributed by atoms with Crippen LogP contribution in [-0.2, 0) is 21.5 Å². The lowest BCUT2D eigenvalue weighted by Crippen LogP contribution is -2.44. The summed E-state index contributed by atoms with van der Waals surface area (Å²) in [5, 5.41) is 9.30. The Balaban J connectivity index is 1.81. The van der Waals surface area contributed by atoms with Gasteiger partial charge in [-0.05, 0) is 17.9 Å². The molecule has 3 rings (SSSR count). The zero-order chi connectivity index (χ0) is 21.0. The van der Waals surface area contributed by atoms with Crippen LogP contribution in [0.15, 0.2) is 42.1 Å². The van der Waals surface area contributed by atoms with Crippen LogP contribution in [0.5, 0.6) is 0 Å². The maximum Gasteiger partial charge on any atom is 0.236 e. The largest absolute Gasteiger partial charge is 0.378 e. The number of allylic oxidation sites excluding steroid dienone is 1. The molecule has 2 heterocycles. The minimum Gasteiger partial charge on any atom is -0.378 e. The number of benzene rings is 1. The normalized spacial score (nSPS) is 15.9. The molecule has 0 bridgehead atoms. The van der Waals surface area contributed by atoms with Crippen LogP contribution in [-0.4, -0.2) is 57.1 Å². The molecular formula is C22H30N4O2S. The summed E-state index contributed by atoms with van der Waals surface area (Å²) in [5.41, 5.74) is 2.38. The van der Waals surface area contributed by atoms with Crippen LogP contribution >= 0.6 is 11.8 Å². The topological polar surface area (TPSA) is 60.2 Å². The number of hydrogen-bond acceptors (Lipinski definition) is 5. The molecule has 1 saturated heterocycles. The summed E-state index contributed by atoms with van der Waals surface area (Å²) in [6.07, 6.45) is 1.83. The Kier molecular flexibility index (Phi) is 6.80. The second-order valence-electron chi connectivity index (χ2n) is 8.23. The van der Waals surface area contributed by atoms with E-state index in [1.54, 1.807) is 0 Å². The van der Waals surface area contributed by atoms with Gasteiger partial charge in [-0.25, -0.2) is 0 Å². The van der Waals surface area contributed by atoms with Crippen LogP contribution in [0.4, 0.5) is 0 Å². The number of rotatable bonds is 6. The molecule has 2 aromatic rings. The molecule has 1 unspecified atom stereocenters. The van der Waals surface area contributed by atoms with Crippen LogP contribution in [0.1, 0.15) is 33.3 Å². The SMILES string of the molecule is C=CCn1c(SC(C)C(=O)N2CCOCC2)nnc1-c1ccc(C(C)(C)C)cc1. The summed E-state index contributed by atoms with van der Waals surface area (Å²) in [4.78, 5) is 14.6.